The van der Waals surface area contributed by atoms with Crippen LogP contribution in [0.4, 0.5) is 5.69 Å². The van der Waals surface area contributed by atoms with Crippen molar-refractivity contribution in [2.45, 2.75) is 13.8 Å². The molecule has 0 saturated heterocycles. The van der Waals surface area contributed by atoms with Crippen LogP contribution in [0.25, 0.3) is 11.0 Å². The van der Waals surface area contributed by atoms with Crippen molar-refractivity contribution < 1.29 is 4.79 Å². The van der Waals surface area contributed by atoms with E-state index >= 15 is 0 Å². The minimum atomic E-state index is -0.257. The lowest BCUT2D eigenvalue weighted by Crippen LogP contribution is -2.08. The summed E-state index contributed by atoms with van der Waals surface area (Å²) in [6.45, 7) is 3.71. The Morgan fingerprint density at radius 3 is 2.65 bits per heavy atom. The molecule has 3 N–H and O–H groups in total. The first kappa shape index (κ1) is 11.2. The van der Waals surface area contributed by atoms with Crippen LogP contribution in [0.2, 0.25) is 0 Å². The Hall–Kier alpha value is -2.30. The number of fused-ring (bicyclic) bond motifs is 1. The van der Waals surface area contributed by atoms with Crippen molar-refractivity contribution in [3.05, 3.63) is 40.3 Å². The molecule has 1 amide bonds. The minimum Gasteiger partial charge on any atom is -0.322 e. The fraction of sp³-hybridized carbons (Fsp3) is 0.167. The Kier molecular flexibility index (Phi) is 2.82. The van der Waals surface area contributed by atoms with E-state index in [0.717, 1.165) is 11.1 Å². The molecule has 1 aromatic carbocycles. The van der Waals surface area contributed by atoms with Gasteiger partial charge < -0.3 is 15.3 Å². The van der Waals surface area contributed by atoms with Crippen molar-refractivity contribution in [2.75, 3.05) is 5.32 Å². The van der Waals surface area contributed by atoms with E-state index in [4.69, 9.17) is 0 Å². The van der Waals surface area contributed by atoms with Gasteiger partial charge in [-0.15, -0.1) is 0 Å². The molecule has 2 aromatic rings. The number of anilines is 1. The molecule has 17 heavy (non-hydrogen) atoms. The van der Waals surface area contributed by atoms with Crippen LogP contribution in [0.3, 0.4) is 0 Å². The minimum absolute atomic E-state index is 0.178. The van der Waals surface area contributed by atoms with Crippen LogP contribution < -0.4 is 11.0 Å². The van der Waals surface area contributed by atoms with E-state index in [1.807, 2.05) is 13.8 Å². The number of H-pyrrole nitrogens is 2. The number of carbonyl (C=O) groups excluding carboxylic acids is 1. The number of aromatic amines is 2. The van der Waals surface area contributed by atoms with Crippen LogP contribution in [0, 0.1) is 0 Å². The Bertz CT molecular complexity index is 645. The highest BCUT2D eigenvalue weighted by molar-refractivity contribution is 6.00. The topological polar surface area (TPSA) is 77.8 Å². The number of benzene rings is 1. The fourth-order valence-electron chi connectivity index (χ4n) is 1.55. The molecule has 0 fully saturated rings. The van der Waals surface area contributed by atoms with E-state index in [1.54, 1.807) is 18.2 Å². The van der Waals surface area contributed by atoms with Crippen LogP contribution in [-0.2, 0) is 4.79 Å². The van der Waals surface area contributed by atoms with Crippen LogP contribution in [0.5, 0.6) is 0 Å². The average molecular weight is 231 g/mol. The number of hydrogen-bond donors (Lipinski definition) is 3. The summed E-state index contributed by atoms with van der Waals surface area (Å²) in [6.07, 6.45) is 1.52. The lowest BCUT2D eigenvalue weighted by molar-refractivity contribution is -0.111. The summed E-state index contributed by atoms with van der Waals surface area (Å²) < 4.78 is 0. The Balaban J connectivity index is 2.28. The van der Waals surface area contributed by atoms with E-state index in [2.05, 4.69) is 15.3 Å². The molecule has 5 heteroatoms. The molecule has 88 valence electrons. The maximum atomic E-state index is 11.5. The van der Waals surface area contributed by atoms with Crippen LogP contribution in [-0.4, -0.2) is 15.9 Å². The number of allylic oxidation sites excluding steroid dienone is 1. The molecule has 1 heterocycles. The van der Waals surface area contributed by atoms with Crippen LogP contribution in [0.15, 0.2) is 34.6 Å². The molecular weight excluding hydrogens is 218 g/mol. The van der Waals surface area contributed by atoms with Gasteiger partial charge in [0.25, 0.3) is 0 Å². The highest BCUT2D eigenvalue weighted by atomic mass is 16.1. The van der Waals surface area contributed by atoms with Gasteiger partial charge in [0.1, 0.15) is 0 Å². The zero-order valence-corrected chi connectivity index (χ0v) is 9.63. The average Bonchev–Trinajstić information content (AvgIpc) is 2.55. The SMILES string of the molecule is CC(C)=CC(=O)Nc1ccc2[nH]c(=O)[nH]c2c1. The molecule has 0 atom stereocenters. The lowest BCUT2D eigenvalue weighted by atomic mass is 10.2. The number of carbonyl (C=O) groups is 1. The number of aromatic nitrogens is 2. The summed E-state index contributed by atoms with van der Waals surface area (Å²) in [5, 5.41) is 2.72. The molecule has 0 bridgehead atoms. The molecule has 0 aliphatic carbocycles. The first-order valence-electron chi connectivity index (χ1n) is 5.22. The van der Waals surface area contributed by atoms with Gasteiger partial charge in [0.2, 0.25) is 5.91 Å². The first-order valence-corrected chi connectivity index (χ1v) is 5.22. The van der Waals surface area contributed by atoms with Crippen molar-refractivity contribution in [1.82, 2.24) is 9.97 Å². The van der Waals surface area contributed by atoms with E-state index < -0.39 is 0 Å². The largest absolute Gasteiger partial charge is 0.323 e. The predicted molar refractivity (Wildman–Crippen MR) is 67.0 cm³/mol. The molecule has 0 aliphatic heterocycles. The summed E-state index contributed by atoms with van der Waals surface area (Å²) in [4.78, 5) is 27.8. The second-order valence-corrected chi connectivity index (χ2v) is 4.05. The maximum Gasteiger partial charge on any atom is 0.323 e. The number of hydrogen-bond acceptors (Lipinski definition) is 2. The van der Waals surface area contributed by atoms with Gasteiger partial charge in [-0.2, -0.15) is 0 Å². The van der Waals surface area contributed by atoms with E-state index in [1.165, 1.54) is 6.08 Å². The van der Waals surface area contributed by atoms with Crippen molar-refractivity contribution >= 4 is 22.6 Å². The fourth-order valence-corrected chi connectivity index (χ4v) is 1.55. The molecule has 0 aliphatic rings. The molecule has 0 saturated carbocycles. The zero-order valence-electron chi connectivity index (χ0n) is 9.63. The van der Waals surface area contributed by atoms with E-state index in [-0.39, 0.29) is 11.6 Å². The molecule has 1 aromatic heterocycles. The van der Waals surface area contributed by atoms with E-state index in [9.17, 15) is 9.59 Å². The summed E-state index contributed by atoms with van der Waals surface area (Å²) in [5.74, 6) is -0.178. The number of rotatable bonds is 2. The third-order valence-corrected chi connectivity index (χ3v) is 2.20. The summed E-state index contributed by atoms with van der Waals surface area (Å²) in [6, 6.07) is 5.19. The Morgan fingerprint density at radius 2 is 1.94 bits per heavy atom. The number of amides is 1. The van der Waals surface area contributed by atoms with E-state index in [0.29, 0.717) is 11.2 Å². The highest BCUT2D eigenvalue weighted by Crippen LogP contribution is 2.14. The van der Waals surface area contributed by atoms with Crippen molar-refractivity contribution in [1.29, 1.82) is 0 Å². The number of imidazole rings is 1. The third kappa shape index (κ3) is 2.63. The van der Waals surface area contributed by atoms with Gasteiger partial charge in [0.05, 0.1) is 11.0 Å². The van der Waals surface area contributed by atoms with Gasteiger partial charge in [0, 0.05) is 11.8 Å². The van der Waals surface area contributed by atoms with Gasteiger partial charge in [-0.1, -0.05) is 5.57 Å². The summed E-state index contributed by atoms with van der Waals surface area (Å²) in [7, 11) is 0. The van der Waals surface area contributed by atoms with Gasteiger partial charge in [0.15, 0.2) is 0 Å². The number of nitrogens with one attached hydrogen (secondary N) is 3. The molecule has 2 rings (SSSR count). The van der Waals surface area contributed by atoms with Crippen molar-refractivity contribution in [3.8, 4) is 0 Å². The first-order chi connectivity index (χ1) is 8.04. The highest BCUT2D eigenvalue weighted by Gasteiger charge is 2.02. The molecule has 0 unspecified atom stereocenters. The Morgan fingerprint density at radius 1 is 1.24 bits per heavy atom. The predicted octanol–water partition coefficient (Wildman–Crippen LogP) is 1.76. The Labute approximate surface area is 97.5 Å². The van der Waals surface area contributed by atoms with Crippen LogP contribution >= 0.6 is 0 Å². The van der Waals surface area contributed by atoms with Crippen molar-refractivity contribution in [3.63, 3.8) is 0 Å². The smallest absolute Gasteiger partial charge is 0.322 e. The second-order valence-electron chi connectivity index (χ2n) is 4.05. The monoisotopic (exact) mass is 231 g/mol. The van der Waals surface area contributed by atoms with Crippen LogP contribution in [0.1, 0.15) is 13.8 Å². The summed E-state index contributed by atoms with van der Waals surface area (Å²) in [5.41, 5.74) is 2.71. The molecule has 0 radical (unpaired) electrons. The third-order valence-electron chi connectivity index (χ3n) is 2.20. The zero-order chi connectivity index (χ0) is 12.4. The maximum absolute atomic E-state index is 11.5. The van der Waals surface area contributed by atoms with Gasteiger partial charge in [-0.25, -0.2) is 4.79 Å². The summed E-state index contributed by atoms with van der Waals surface area (Å²) >= 11 is 0. The quantitative estimate of drug-likeness (QED) is 0.689. The van der Waals surface area contributed by atoms with Gasteiger partial charge in [-0.05, 0) is 32.0 Å². The standard InChI is InChI=1S/C12H13N3O2/c1-7(2)5-11(16)13-8-3-4-9-10(6-8)15-12(17)14-9/h3-6H,1-2H3,(H,13,16)(H2,14,15,17). The molecule has 5 nitrogen and oxygen atoms in total. The normalized spacial score (nSPS) is 10.2. The van der Waals surface area contributed by atoms with Crippen molar-refractivity contribution in [2.24, 2.45) is 0 Å². The second kappa shape index (κ2) is 4.29. The van der Waals surface area contributed by atoms with Gasteiger partial charge in [-0.3, -0.25) is 4.79 Å². The molecule has 0 spiro atoms. The lowest BCUT2D eigenvalue weighted by Gasteiger charge is -2.02. The van der Waals surface area contributed by atoms with Gasteiger partial charge >= 0.3 is 5.69 Å². The molecular formula is C12H13N3O2.